The first kappa shape index (κ1) is 13.1. The quantitative estimate of drug-likeness (QED) is 0.856. The SMILES string of the molecule is COc1ccc(-c2cc(Cl)cc3c2OCC3)c(OC)c1. The van der Waals surface area contributed by atoms with Gasteiger partial charge in [0, 0.05) is 28.6 Å². The Kier molecular flexibility index (Phi) is 3.45. The molecule has 4 heteroatoms. The van der Waals surface area contributed by atoms with Crippen LogP contribution in [0.15, 0.2) is 30.3 Å². The van der Waals surface area contributed by atoms with Gasteiger partial charge in [0.25, 0.3) is 0 Å². The monoisotopic (exact) mass is 290 g/mol. The minimum Gasteiger partial charge on any atom is -0.497 e. The van der Waals surface area contributed by atoms with Crippen LogP contribution in [-0.2, 0) is 6.42 Å². The Morgan fingerprint density at radius 3 is 2.65 bits per heavy atom. The summed E-state index contributed by atoms with van der Waals surface area (Å²) in [7, 11) is 3.28. The average Bonchev–Trinajstić information content (AvgIpc) is 2.93. The van der Waals surface area contributed by atoms with Gasteiger partial charge in [-0.1, -0.05) is 11.6 Å². The highest BCUT2D eigenvalue weighted by Crippen LogP contribution is 2.43. The highest BCUT2D eigenvalue weighted by Gasteiger charge is 2.20. The molecule has 1 heterocycles. The number of benzene rings is 2. The number of hydrogen-bond acceptors (Lipinski definition) is 3. The molecule has 0 aromatic heterocycles. The van der Waals surface area contributed by atoms with E-state index in [0.717, 1.165) is 40.4 Å². The van der Waals surface area contributed by atoms with Crippen LogP contribution in [0.3, 0.4) is 0 Å². The fraction of sp³-hybridized carbons (Fsp3) is 0.250. The molecule has 3 nitrogen and oxygen atoms in total. The first-order valence-electron chi connectivity index (χ1n) is 6.40. The Morgan fingerprint density at radius 2 is 1.90 bits per heavy atom. The van der Waals surface area contributed by atoms with Crippen molar-refractivity contribution in [3.05, 3.63) is 40.9 Å². The van der Waals surface area contributed by atoms with E-state index in [-0.39, 0.29) is 0 Å². The van der Waals surface area contributed by atoms with Crippen molar-refractivity contribution in [1.29, 1.82) is 0 Å². The lowest BCUT2D eigenvalue weighted by Gasteiger charge is -2.14. The van der Waals surface area contributed by atoms with E-state index in [1.165, 1.54) is 0 Å². The van der Waals surface area contributed by atoms with Crippen LogP contribution < -0.4 is 14.2 Å². The molecule has 3 rings (SSSR count). The summed E-state index contributed by atoms with van der Waals surface area (Å²) >= 11 is 6.21. The van der Waals surface area contributed by atoms with Crippen LogP contribution >= 0.6 is 11.6 Å². The summed E-state index contributed by atoms with van der Waals surface area (Å²) in [6.07, 6.45) is 0.890. The lowest BCUT2D eigenvalue weighted by molar-refractivity contribution is 0.357. The number of fused-ring (bicyclic) bond motifs is 1. The maximum atomic E-state index is 6.21. The van der Waals surface area contributed by atoms with Gasteiger partial charge in [-0.15, -0.1) is 0 Å². The van der Waals surface area contributed by atoms with E-state index in [1.54, 1.807) is 14.2 Å². The van der Waals surface area contributed by atoms with Crippen molar-refractivity contribution in [3.8, 4) is 28.4 Å². The Bertz CT molecular complexity index is 652. The lowest BCUT2D eigenvalue weighted by Crippen LogP contribution is -1.93. The molecule has 0 fully saturated rings. The third kappa shape index (κ3) is 2.18. The fourth-order valence-electron chi connectivity index (χ4n) is 2.49. The van der Waals surface area contributed by atoms with Crippen LogP contribution in [0.5, 0.6) is 17.2 Å². The van der Waals surface area contributed by atoms with E-state index in [0.29, 0.717) is 11.6 Å². The smallest absolute Gasteiger partial charge is 0.130 e. The van der Waals surface area contributed by atoms with Gasteiger partial charge in [0.05, 0.1) is 20.8 Å². The van der Waals surface area contributed by atoms with Gasteiger partial charge in [-0.2, -0.15) is 0 Å². The largest absolute Gasteiger partial charge is 0.497 e. The van der Waals surface area contributed by atoms with Crippen molar-refractivity contribution < 1.29 is 14.2 Å². The van der Waals surface area contributed by atoms with Crippen LogP contribution in [0.4, 0.5) is 0 Å². The molecule has 2 aromatic rings. The van der Waals surface area contributed by atoms with Gasteiger partial charge in [-0.05, 0) is 29.8 Å². The molecule has 1 aliphatic heterocycles. The molecule has 0 saturated carbocycles. The van der Waals surface area contributed by atoms with Crippen molar-refractivity contribution in [3.63, 3.8) is 0 Å². The lowest BCUT2D eigenvalue weighted by atomic mass is 10.00. The van der Waals surface area contributed by atoms with Crippen LogP contribution in [0.25, 0.3) is 11.1 Å². The van der Waals surface area contributed by atoms with Gasteiger partial charge in [0.15, 0.2) is 0 Å². The van der Waals surface area contributed by atoms with Crippen molar-refractivity contribution in [2.24, 2.45) is 0 Å². The van der Waals surface area contributed by atoms with E-state index in [4.69, 9.17) is 25.8 Å². The number of halogens is 1. The van der Waals surface area contributed by atoms with E-state index in [9.17, 15) is 0 Å². The van der Waals surface area contributed by atoms with E-state index < -0.39 is 0 Å². The summed E-state index contributed by atoms with van der Waals surface area (Å²) < 4.78 is 16.4. The molecule has 0 atom stereocenters. The molecular formula is C16H15ClO3. The van der Waals surface area contributed by atoms with Gasteiger partial charge in [-0.25, -0.2) is 0 Å². The molecule has 0 radical (unpaired) electrons. The highest BCUT2D eigenvalue weighted by atomic mass is 35.5. The van der Waals surface area contributed by atoms with Gasteiger partial charge < -0.3 is 14.2 Å². The zero-order valence-electron chi connectivity index (χ0n) is 11.4. The fourth-order valence-corrected chi connectivity index (χ4v) is 2.73. The molecule has 0 bridgehead atoms. The Labute approximate surface area is 123 Å². The maximum absolute atomic E-state index is 6.21. The van der Waals surface area contributed by atoms with E-state index in [1.807, 2.05) is 30.3 Å². The summed E-state index contributed by atoms with van der Waals surface area (Å²) in [5.41, 5.74) is 3.06. The Morgan fingerprint density at radius 1 is 1.05 bits per heavy atom. The molecule has 2 aromatic carbocycles. The van der Waals surface area contributed by atoms with Gasteiger partial charge in [-0.3, -0.25) is 0 Å². The molecule has 0 unspecified atom stereocenters. The molecule has 0 spiro atoms. The number of hydrogen-bond donors (Lipinski definition) is 0. The first-order valence-corrected chi connectivity index (χ1v) is 6.78. The van der Waals surface area contributed by atoms with Crippen molar-refractivity contribution in [1.82, 2.24) is 0 Å². The van der Waals surface area contributed by atoms with Crippen molar-refractivity contribution in [2.75, 3.05) is 20.8 Å². The van der Waals surface area contributed by atoms with Crippen molar-refractivity contribution in [2.45, 2.75) is 6.42 Å². The Hall–Kier alpha value is -1.87. The van der Waals surface area contributed by atoms with E-state index >= 15 is 0 Å². The second kappa shape index (κ2) is 5.25. The highest BCUT2D eigenvalue weighted by molar-refractivity contribution is 6.31. The predicted molar refractivity (Wildman–Crippen MR) is 79.2 cm³/mol. The molecule has 0 saturated heterocycles. The van der Waals surface area contributed by atoms with Crippen LogP contribution in [0, 0.1) is 0 Å². The third-order valence-corrected chi connectivity index (χ3v) is 3.67. The van der Waals surface area contributed by atoms with Gasteiger partial charge >= 0.3 is 0 Å². The van der Waals surface area contributed by atoms with Gasteiger partial charge in [0.1, 0.15) is 17.2 Å². The summed E-state index contributed by atoms with van der Waals surface area (Å²) in [6.45, 7) is 0.696. The molecule has 0 amide bonds. The summed E-state index contributed by atoms with van der Waals surface area (Å²) in [6, 6.07) is 9.60. The molecule has 1 aliphatic rings. The molecular weight excluding hydrogens is 276 g/mol. The van der Waals surface area contributed by atoms with Crippen LogP contribution in [0.2, 0.25) is 5.02 Å². The Balaban J connectivity index is 2.19. The minimum atomic E-state index is 0.696. The first-order chi connectivity index (χ1) is 9.72. The van der Waals surface area contributed by atoms with Crippen LogP contribution in [-0.4, -0.2) is 20.8 Å². The van der Waals surface area contributed by atoms with Gasteiger partial charge in [0.2, 0.25) is 0 Å². The van der Waals surface area contributed by atoms with E-state index in [2.05, 4.69) is 0 Å². The number of rotatable bonds is 3. The number of methoxy groups -OCH3 is 2. The number of ether oxygens (including phenoxy) is 3. The maximum Gasteiger partial charge on any atom is 0.130 e. The summed E-state index contributed by atoms with van der Waals surface area (Å²) in [4.78, 5) is 0. The average molecular weight is 291 g/mol. The standard InChI is InChI=1S/C16H15ClO3/c1-18-12-3-4-13(15(9-12)19-2)14-8-11(17)7-10-5-6-20-16(10)14/h3-4,7-9H,5-6H2,1-2H3. The molecule has 20 heavy (non-hydrogen) atoms. The summed E-state index contributed by atoms with van der Waals surface area (Å²) in [5.74, 6) is 2.40. The third-order valence-electron chi connectivity index (χ3n) is 3.45. The second-order valence-corrected chi connectivity index (χ2v) is 5.04. The summed E-state index contributed by atoms with van der Waals surface area (Å²) in [5, 5.41) is 0.710. The predicted octanol–water partition coefficient (Wildman–Crippen LogP) is 3.96. The topological polar surface area (TPSA) is 27.7 Å². The normalized spacial score (nSPS) is 12.8. The zero-order valence-corrected chi connectivity index (χ0v) is 12.2. The molecule has 0 aliphatic carbocycles. The minimum absolute atomic E-state index is 0.696. The molecule has 104 valence electrons. The van der Waals surface area contributed by atoms with Crippen molar-refractivity contribution >= 4 is 11.6 Å². The second-order valence-electron chi connectivity index (χ2n) is 4.61. The van der Waals surface area contributed by atoms with Crippen LogP contribution in [0.1, 0.15) is 5.56 Å². The molecule has 0 N–H and O–H groups in total. The zero-order chi connectivity index (χ0) is 14.1.